The van der Waals surface area contributed by atoms with Gasteiger partial charge in [-0.25, -0.2) is 4.79 Å². The Labute approximate surface area is 164 Å². The molecule has 0 saturated heterocycles. The van der Waals surface area contributed by atoms with E-state index in [9.17, 15) is 9.90 Å². The number of phenolic OH excluding ortho intramolecular Hbond substituents is 1. The summed E-state index contributed by atoms with van der Waals surface area (Å²) >= 11 is 6.28. The van der Waals surface area contributed by atoms with E-state index in [1.165, 1.54) is 56.9 Å². The third-order valence-electron chi connectivity index (χ3n) is 6.44. The van der Waals surface area contributed by atoms with E-state index in [2.05, 4.69) is 4.74 Å². The predicted molar refractivity (Wildman–Crippen MR) is 105 cm³/mol. The number of benzene rings is 1. The molecule has 0 heterocycles. The van der Waals surface area contributed by atoms with E-state index in [1.54, 1.807) is 13.2 Å². The van der Waals surface area contributed by atoms with Crippen LogP contribution in [0.15, 0.2) is 23.8 Å². The molecule has 4 aliphatic rings. The van der Waals surface area contributed by atoms with Crippen LogP contribution in [0, 0.1) is 23.7 Å². The second-order valence-electron chi connectivity index (χ2n) is 8.05. The Morgan fingerprint density at radius 3 is 2.26 bits per heavy atom. The van der Waals surface area contributed by atoms with Gasteiger partial charge in [0, 0.05) is 17.2 Å². The van der Waals surface area contributed by atoms with Crippen molar-refractivity contribution in [2.45, 2.75) is 32.1 Å². The highest BCUT2D eigenvalue weighted by Gasteiger charge is 2.46. The number of halogens is 1. The zero-order chi connectivity index (χ0) is 19.1. The van der Waals surface area contributed by atoms with Gasteiger partial charge in [-0.2, -0.15) is 0 Å². The molecule has 4 aliphatic carbocycles. The van der Waals surface area contributed by atoms with Crippen molar-refractivity contribution < 1.29 is 19.4 Å². The normalized spacial score (nSPS) is 28.6. The third kappa shape index (κ3) is 3.36. The average Bonchev–Trinajstić information content (AvgIpc) is 2.65. The smallest absolute Gasteiger partial charge is 0.330 e. The molecule has 4 nitrogen and oxygen atoms in total. The topological polar surface area (TPSA) is 55.8 Å². The molecular formula is C22H25ClO4. The second kappa shape index (κ2) is 7.23. The Hall–Kier alpha value is -1.94. The molecule has 5 rings (SSSR count). The van der Waals surface area contributed by atoms with Crippen molar-refractivity contribution in [2.24, 2.45) is 23.7 Å². The number of hydrogen-bond acceptors (Lipinski definition) is 4. The maximum absolute atomic E-state index is 11.4. The summed E-state index contributed by atoms with van der Waals surface area (Å²) in [6, 6.07) is 3.58. The molecule has 0 amide bonds. The summed E-state index contributed by atoms with van der Waals surface area (Å²) < 4.78 is 10.5. The van der Waals surface area contributed by atoms with E-state index in [0.717, 1.165) is 23.2 Å². The highest BCUT2D eigenvalue weighted by atomic mass is 35.5. The lowest BCUT2D eigenvalue weighted by Gasteiger charge is -2.51. The lowest BCUT2D eigenvalue weighted by Crippen LogP contribution is -2.40. The largest absolute Gasteiger partial charge is 0.506 e. The van der Waals surface area contributed by atoms with Gasteiger partial charge in [0.05, 0.1) is 19.2 Å². The molecule has 1 aromatic carbocycles. The Kier molecular flexibility index (Phi) is 4.94. The van der Waals surface area contributed by atoms with E-state index in [0.29, 0.717) is 17.4 Å². The molecule has 0 unspecified atom stereocenters. The van der Waals surface area contributed by atoms with Crippen molar-refractivity contribution in [2.75, 3.05) is 14.2 Å². The summed E-state index contributed by atoms with van der Waals surface area (Å²) in [5.41, 5.74) is 2.75. The van der Waals surface area contributed by atoms with Gasteiger partial charge in [-0.1, -0.05) is 11.6 Å². The Bertz CT molecular complexity index is 794. The highest BCUT2D eigenvalue weighted by Crippen LogP contribution is 2.58. The van der Waals surface area contributed by atoms with Crippen molar-refractivity contribution in [3.05, 3.63) is 39.9 Å². The van der Waals surface area contributed by atoms with E-state index in [4.69, 9.17) is 16.3 Å². The van der Waals surface area contributed by atoms with E-state index < -0.39 is 5.97 Å². The molecule has 0 aliphatic heterocycles. The van der Waals surface area contributed by atoms with E-state index in [-0.39, 0.29) is 10.8 Å². The molecule has 27 heavy (non-hydrogen) atoms. The number of carbonyl (C=O) groups is 1. The lowest BCUT2D eigenvalue weighted by atomic mass is 9.54. The van der Waals surface area contributed by atoms with Crippen LogP contribution in [-0.2, 0) is 14.3 Å². The van der Waals surface area contributed by atoms with Crippen LogP contribution in [0.1, 0.15) is 43.2 Å². The van der Waals surface area contributed by atoms with Gasteiger partial charge in [0.25, 0.3) is 0 Å². The van der Waals surface area contributed by atoms with Crippen molar-refractivity contribution in [3.63, 3.8) is 0 Å². The monoisotopic (exact) mass is 388 g/mol. The first kappa shape index (κ1) is 18.4. The van der Waals surface area contributed by atoms with Gasteiger partial charge in [-0.15, -0.1) is 0 Å². The van der Waals surface area contributed by atoms with Crippen LogP contribution in [0.2, 0.25) is 5.02 Å². The second-order valence-corrected chi connectivity index (χ2v) is 8.45. The number of methoxy groups -OCH3 is 2. The number of carbonyl (C=O) groups excluding carboxylic acids is 1. The van der Waals surface area contributed by atoms with E-state index in [1.807, 2.05) is 6.07 Å². The number of hydrogen-bond donors (Lipinski definition) is 1. The van der Waals surface area contributed by atoms with Crippen LogP contribution in [0.4, 0.5) is 0 Å². The Balaban J connectivity index is 1.76. The molecule has 144 valence electrons. The summed E-state index contributed by atoms with van der Waals surface area (Å²) in [6.07, 6.45) is 9.23. The van der Waals surface area contributed by atoms with Crippen LogP contribution in [0.3, 0.4) is 0 Å². The maximum Gasteiger partial charge on any atom is 0.330 e. The van der Waals surface area contributed by atoms with Crippen molar-refractivity contribution >= 4 is 29.4 Å². The quantitative estimate of drug-likeness (QED) is 0.445. The fourth-order valence-corrected chi connectivity index (χ4v) is 5.80. The van der Waals surface area contributed by atoms with Gasteiger partial charge < -0.3 is 14.6 Å². The minimum absolute atomic E-state index is 0.0499. The molecule has 0 radical (unpaired) electrons. The molecule has 0 atom stereocenters. The number of phenols is 1. The van der Waals surface area contributed by atoms with Crippen molar-refractivity contribution in [1.82, 2.24) is 0 Å². The van der Waals surface area contributed by atoms with Crippen LogP contribution in [0.5, 0.6) is 5.75 Å². The average molecular weight is 389 g/mol. The van der Waals surface area contributed by atoms with Crippen molar-refractivity contribution in [3.8, 4) is 5.75 Å². The van der Waals surface area contributed by atoms with Gasteiger partial charge in [0.2, 0.25) is 0 Å². The van der Waals surface area contributed by atoms with E-state index >= 15 is 0 Å². The maximum atomic E-state index is 11.4. The van der Waals surface area contributed by atoms with Crippen LogP contribution in [0.25, 0.3) is 11.8 Å². The molecule has 4 saturated carbocycles. The Morgan fingerprint density at radius 2 is 1.70 bits per heavy atom. The first-order chi connectivity index (χ1) is 13.0. The van der Waals surface area contributed by atoms with Gasteiger partial charge in [-0.3, -0.25) is 0 Å². The van der Waals surface area contributed by atoms with Gasteiger partial charge in [0.15, 0.2) is 0 Å². The fourth-order valence-electron chi connectivity index (χ4n) is 5.57. The molecule has 0 spiro atoms. The molecule has 4 bridgehead atoms. The lowest BCUT2D eigenvalue weighted by molar-refractivity contribution is -0.134. The number of aromatic hydroxyl groups is 1. The zero-order valence-electron chi connectivity index (χ0n) is 15.7. The van der Waals surface area contributed by atoms with Gasteiger partial charge in [-0.05, 0) is 79.6 Å². The molecule has 4 fully saturated rings. The predicted octanol–water partition coefficient (Wildman–Crippen LogP) is 5.05. The zero-order valence-corrected chi connectivity index (χ0v) is 16.5. The summed E-state index contributed by atoms with van der Waals surface area (Å²) in [6.45, 7) is 0. The van der Waals surface area contributed by atoms with Gasteiger partial charge >= 0.3 is 5.97 Å². The first-order valence-electron chi connectivity index (χ1n) is 9.57. The summed E-state index contributed by atoms with van der Waals surface area (Å²) in [4.78, 5) is 11.4. The highest BCUT2D eigenvalue weighted by molar-refractivity contribution is 6.32. The standard InChI is InChI=1S/C22H25ClO4/c1-26-19(24)4-3-14-10-17(11-18(23)21(14)25)22(27-2)20-15-6-12-5-13(8-15)9-16(20)7-12/h3-4,10-13,15-16,25H,5-9H2,1-2H3/b4-3+,22-20?. The summed E-state index contributed by atoms with van der Waals surface area (Å²) in [5, 5.41) is 10.5. The minimum atomic E-state index is -0.484. The van der Waals surface area contributed by atoms with Crippen LogP contribution >= 0.6 is 11.6 Å². The molecule has 1 aromatic rings. The number of ether oxygens (including phenoxy) is 2. The molecule has 0 aromatic heterocycles. The SMILES string of the molecule is COC(=O)/C=C/c1cc(C(OC)=C2C3CC4CC(C3)CC2C4)cc(Cl)c1O. The molecular weight excluding hydrogens is 364 g/mol. The number of rotatable bonds is 4. The summed E-state index contributed by atoms with van der Waals surface area (Å²) in [5.74, 6) is 3.29. The summed E-state index contributed by atoms with van der Waals surface area (Å²) in [7, 11) is 3.02. The number of esters is 1. The molecule has 5 heteroatoms. The van der Waals surface area contributed by atoms with Gasteiger partial charge in [0.1, 0.15) is 11.5 Å². The van der Waals surface area contributed by atoms with Crippen molar-refractivity contribution in [1.29, 1.82) is 0 Å². The molecule has 1 N–H and O–H groups in total. The third-order valence-corrected chi connectivity index (χ3v) is 6.73. The van der Waals surface area contributed by atoms with Crippen LogP contribution in [-0.4, -0.2) is 25.3 Å². The fraction of sp³-hybridized carbons (Fsp3) is 0.500. The minimum Gasteiger partial charge on any atom is -0.506 e. The Morgan fingerprint density at radius 1 is 1.07 bits per heavy atom. The first-order valence-corrected chi connectivity index (χ1v) is 9.94. The van der Waals surface area contributed by atoms with Crippen LogP contribution < -0.4 is 0 Å². The number of allylic oxidation sites excluding steroid dienone is 1.